The van der Waals surface area contributed by atoms with Crippen molar-refractivity contribution in [3.8, 4) is 0 Å². The molecule has 6 N–H and O–H groups in total. The number of pyridine rings is 1. The van der Waals surface area contributed by atoms with Gasteiger partial charge in [-0.05, 0) is 31.0 Å². The predicted molar refractivity (Wildman–Crippen MR) is 137 cm³/mol. The first-order valence-electron chi connectivity index (χ1n) is 12.5. The monoisotopic (exact) mass is 496 g/mol. The van der Waals surface area contributed by atoms with Crippen LogP contribution in [0.5, 0.6) is 0 Å². The zero-order valence-electron chi connectivity index (χ0n) is 20.3. The van der Waals surface area contributed by atoms with Crippen LogP contribution >= 0.6 is 0 Å². The highest BCUT2D eigenvalue weighted by Gasteiger charge is 2.25. The molecule has 0 radical (unpaired) electrons. The molecule has 3 heterocycles. The molecule has 2 fully saturated rings. The van der Waals surface area contributed by atoms with E-state index in [2.05, 4.69) is 25.6 Å². The maximum absolute atomic E-state index is 14.9. The van der Waals surface area contributed by atoms with Crippen molar-refractivity contribution in [1.82, 2.24) is 19.7 Å². The number of amides is 1. The standard InChI is InChI=1S/C25H33FN8O2/c26-18-14-16(23(28)35)24(32-25(18)31-21-5-2-1-4-19(21)27)30-20-6-3-7-22-17(20)15-29-34(22)9-8-33-10-12-36-13-11-33/h3,6-7,14-15,19,21H,1-2,4-5,8-13,27H2,(H2,28,35)(H2,30,31,32)/t19-,21+/m0/s1. The Morgan fingerprint density at radius 1 is 1.17 bits per heavy atom. The number of morpholine rings is 1. The van der Waals surface area contributed by atoms with Crippen LogP contribution in [0, 0.1) is 5.82 Å². The molecule has 1 saturated carbocycles. The summed E-state index contributed by atoms with van der Waals surface area (Å²) >= 11 is 0. The second kappa shape index (κ2) is 10.8. The van der Waals surface area contributed by atoms with Crippen LogP contribution in [0.3, 0.4) is 0 Å². The molecular weight excluding hydrogens is 463 g/mol. The van der Waals surface area contributed by atoms with Crippen molar-refractivity contribution in [1.29, 1.82) is 0 Å². The maximum Gasteiger partial charge on any atom is 0.252 e. The molecule has 2 atom stereocenters. The molecule has 36 heavy (non-hydrogen) atoms. The van der Waals surface area contributed by atoms with Gasteiger partial charge in [-0.25, -0.2) is 9.37 Å². The molecule has 0 spiro atoms. The van der Waals surface area contributed by atoms with Crippen LogP contribution in [-0.2, 0) is 11.3 Å². The van der Waals surface area contributed by atoms with E-state index in [0.29, 0.717) is 5.69 Å². The van der Waals surface area contributed by atoms with Crippen molar-refractivity contribution in [2.45, 2.75) is 44.3 Å². The highest BCUT2D eigenvalue weighted by molar-refractivity contribution is 6.00. The molecule has 192 valence electrons. The predicted octanol–water partition coefficient (Wildman–Crippen LogP) is 2.43. The Bertz CT molecular complexity index is 1230. The van der Waals surface area contributed by atoms with Crippen LogP contribution in [0.25, 0.3) is 10.9 Å². The summed E-state index contributed by atoms with van der Waals surface area (Å²) in [6, 6.07) is 6.74. The van der Waals surface area contributed by atoms with Crippen LogP contribution in [0.1, 0.15) is 36.0 Å². The van der Waals surface area contributed by atoms with Gasteiger partial charge in [-0.1, -0.05) is 18.9 Å². The number of hydrogen-bond donors (Lipinski definition) is 4. The Kier molecular flexibility index (Phi) is 7.30. The van der Waals surface area contributed by atoms with Crippen LogP contribution < -0.4 is 22.1 Å². The minimum absolute atomic E-state index is 0.0253. The summed E-state index contributed by atoms with van der Waals surface area (Å²) in [6.07, 6.45) is 5.58. The van der Waals surface area contributed by atoms with Gasteiger partial charge < -0.3 is 26.8 Å². The average Bonchev–Trinajstić information content (AvgIpc) is 3.30. The molecular formula is C25H33FN8O2. The number of carbonyl (C=O) groups excluding carboxylic acids is 1. The van der Waals surface area contributed by atoms with Gasteiger partial charge in [0.05, 0.1) is 42.7 Å². The normalized spacial score (nSPS) is 20.9. The number of nitrogens with one attached hydrogen (secondary N) is 2. The summed E-state index contributed by atoms with van der Waals surface area (Å²) in [6.45, 7) is 4.96. The third-order valence-corrected chi connectivity index (χ3v) is 7.06. The lowest BCUT2D eigenvalue weighted by molar-refractivity contribution is 0.0361. The number of anilines is 3. The van der Waals surface area contributed by atoms with Crippen LogP contribution in [-0.4, -0.2) is 70.5 Å². The molecule has 2 aromatic heterocycles. The van der Waals surface area contributed by atoms with Crippen molar-refractivity contribution >= 4 is 34.1 Å². The number of nitrogens with two attached hydrogens (primary N) is 2. The maximum atomic E-state index is 14.9. The lowest BCUT2D eigenvalue weighted by atomic mass is 9.91. The molecule has 1 aliphatic heterocycles. The van der Waals surface area contributed by atoms with Crippen molar-refractivity contribution in [2.75, 3.05) is 43.5 Å². The van der Waals surface area contributed by atoms with E-state index < -0.39 is 11.7 Å². The number of benzene rings is 1. The lowest BCUT2D eigenvalue weighted by Crippen LogP contribution is -2.43. The second-order valence-electron chi connectivity index (χ2n) is 9.46. The molecule has 1 aliphatic carbocycles. The van der Waals surface area contributed by atoms with E-state index in [-0.39, 0.29) is 29.3 Å². The van der Waals surface area contributed by atoms with Gasteiger partial charge >= 0.3 is 0 Å². The first-order chi connectivity index (χ1) is 17.5. The van der Waals surface area contributed by atoms with Gasteiger partial charge in [0.15, 0.2) is 11.6 Å². The number of halogens is 1. The summed E-state index contributed by atoms with van der Waals surface area (Å²) in [5.74, 6) is -1.16. The number of ether oxygens (including phenoxy) is 1. The van der Waals surface area contributed by atoms with Crippen molar-refractivity contribution in [2.24, 2.45) is 11.5 Å². The van der Waals surface area contributed by atoms with E-state index in [1.54, 1.807) is 6.20 Å². The number of primary amides is 1. The smallest absolute Gasteiger partial charge is 0.252 e. The number of fused-ring (bicyclic) bond motifs is 1. The quantitative estimate of drug-likeness (QED) is 0.373. The summed E-state index contributed by atoms with van der Waals surface area (Å²) in [4.78, 5) is 18.9. The zero-order chi connectivity index (χ0) is 25.1. The Balaban J connectivity index is 1.40. The molecule has 0 unspecified atom stereocenters. The van der Waals surface area contributed by atoms with E-state index in [1.807, 2.05) is 22.9 Å². The SMILES string of the molecule is NC(=O)c1cc(F)c(N[C@@H]2CCCC[C@@H]2N)nc1Nc1cccc2c1cnn2CCN1CCOCC1. The van der Waals surface area contributed by atoms with E-state index in [9.17, 15) is 9.18 Å². The number of hydrogen-bond acceptors (Lipinski definition) is 8. The average molecular weight is 497 g/mol. The van der Waals surface area contributed by atoms with Gasteiger partial charge in [0.1, 0.15) is 5.82 Å². The highest BCUT2D eigenvalue weighted by atomic mass is 19.1. The fourth-order valence-electron chi connectivity index (χ4n) is 4.97. The Morgan fingerprint density at radius 2 is 1.97 bits per heavy atom. The van der Waals surface area contributed by atoms with Crippen molar-refractivity contribution in [3.63, 3.8) is 0 Å². The summed E-state index contributed by atoms with van der Waals surface area (Å²) in [5.41, 5.74) is 13.4. The summed E-state index contributed by atoms with van der Waals surface area (Å²) in [7, 11) is 0. The first-order valence-corrected chi connectivity index (χ1v) is 12.5. The number of carbonyl (C=O) groups is 1. The Labute approximate surface area is 209 Å². The van der Waals surface area contributed by atoms with Gasteiger partial charge in [-0.2, -0.15) is 5.10 Å². The van der Waals surface area contributed by atoms with Crippen LogP contribution in [0.15, 0.2) is 30.5 Å². The summed E-state index contributed by atoms with van der Waals surface area (Å²) in [5, 5.41) is 11.8. The van der Waals surface area contributed by atoms with Crippen LogP contribution in [0.2, 0.25) is 0 Å². The molecule has 2 aliphatic rings. The zero-order valence-corrected chi connectivity index (χ0v) is 20.3. The third kappa shape index (κ3) is 5.28. The number of rotatable bonds is 8. The second-order valence-corrected chi connectivity index (χ2v) is 9.46. The van der Waals surface area contributed by atoms with Gasteiger partial charge in [-0.3, -0.25) is 14.4 Å². The number of aromatic nitrogens is 3. The van der Waals surface area contributed by atoms with E-state index >= 15 is 0 Å². The van der Waals surface area contributed by atoms with Crippen molar-refractivity contribution < 1.29 is 13.9 Å². The molecule has 10 nitrogen and oxygen atoms in total. The fourth-order valence-corrected chi connectivity index (χ4v) is 4.97. The summed E-state index contributed by atoms with van der Waals surface area (Å²) < 4.78 is 22.3. The highest BCUT2D eigenvalue weighted by Crippen LogP contribution is 2.30. The van der Waals surface area contributed by atoms with Gasteiger partial charge in [0.2, 0.25) is 0 Å². The Hall–Kier alpha value is -3.28. The largest absolute Gasteiger partial charge is 0.379 e. The fraction of sp³-hybridized carbons (Fsp3) is 0.480. The van der Waals surface area contributed by atoms with Gasteiger partial charge in [-0.15, -0.1) is 0 Å². The molecule has 1 saturated heterocycles. The van der Waals surface area contributed by atoms with Crippen molar-refractivity contribution in [3.05, 3.63) is 41.8 Å². The Morgan fingerprint density at radius 3 is 2.75 bits per heavy atom. The van der Waals surface area contributed by atoms with Gasteiger partial charge in [0, 0.05) is 37.1 Å². The van der Waals surface area contributed by atoms with E-state index in [4.69, 9.17) is 16.2 Å². The first kappa shape index (κ1) is 24.4. The minimum atomic E-state index is -0.766. The van der Waals surface area contributed by atoms with Gasteiger partial charge in [0.25, 0.3) is 5.91 Å². The third-order valence-electron chi connectivity index (χ3n) is 7.06. The molecule has 1 amide bonds. The molecule has 1 aromatic carbocycles. The van der Waals surface area contributed by atoms with Crippen LogP contribution in [0.4, 0.5) is 21.7 Å². The molecule has 5 rings (SSSR count). The molecule has 11 heteroatoms. The topological polar surface area (TPSA) is 136 Å². The molecule has 3 aromatic rings. The number of nitrogens with zero attached hydrogens (tertiary/aromatic N) is 4. The van der Waals surface area contributed by atoms with E-state index in [0.717, 1.165) is 82.0 Å². The minimum Gasteiger partial charge on any atom is -0.379 e. The van der Waals surface area contributed by atoms with E-state index in [1.165, 1.54) is 0 Å². The lowest BCUT2D eigenvalue weighted by Gasteiger charge is -2.30. The molecule has 0 bridgehead atoms.